The quantitative estimate of drug-likeness (QED) is 0.803. The lowest BCUT2D eigenvalue weighted by Crippen LogP contribution is -2.42. The molecule has 1 fully saturated rings. The standard InChI is InChI=1S/C12H20N4O/c1-7-11(8(2)16(3)15-7)12(17)14-6-9-4-10(13)5-9/h9-10H,4-6,13H2,1-3H3,(H,14,17). The molecule has 1 saturated carbocycles. The van der Waals surface area contributed by atoms with Gasteiger partial charge < -0.3 is 11.1 Å². The van der Waals surface area contributed by atoms with Crippen molar-refractivity contribution in [1.82, 2.24) is 15.1 Å². The van der Waals surface area contributed by atoms with E-state index < -0.39 is 0 Å². The van der Waals surface area contributed by atoms with Gasteiger partial charge in [-0.25, -0.2) is 0 Å². The molecule has 0 atom stereocenters. The summed E-state index contributed by atoms with van der Waals surface area (Å²) in [6, 6.07) is 0.332. The third kappa shape index (κ3) is 2.34. The predicted molar refractivity (Wildman–Crippen MR) is 65.7 cm³/mol. The molecule has 0 spiro atoms. The van der Waals surface area contributed by atoms with E-state index in [1.165, 1.54) is 0 Å². The molecular weight excluding hydrogens is 216 g/mol. The van der Waals surface area contributed by atoms with Crippen LogP contribution in [-0.4, -0.2) is 28.3 Å². The third-order valence-electron chi connectivity index (χ3n) is 3.56. The van der Waals surface area contributed by atoms with E-state index in [0.29, 0.717) is 17.5 Å². The Hall–Kier alpha value is -1.36. The summed E-state index contributed by atoms with van der Waals surface area (Å²) in [5.74, 6) is 0.528. The Balaban J connectivity index is 1.95. The fraction of sp³-hybridized carbons (Fsp3) is 0.667. The molecule has 3 N–H and O–H groups in total. The van der Waals surface area contributed by atoms with Crippen molar-refractivity contribution in [2.45, 2.75) is 32.7 Å². The van der Waals surface area contributed by atoms with Gasteiger partial charge in [-0.1, -0.05) is 0 Å². The maximum Gasteiger partial charge on any atom is 0.255 e. The fourth-order valence-corrected chi connectivity index (χ4v) is 2.38. The zero-order chi connectivity index (χ0) is 12.6. The van der Waals surface area contributed by atoms with Crippen molar-refractivity contribution in [2.75, 3.05) is 6.54 Å². The van der Waals surface area contributed by atoms with Crippen LogP contribution in [0.2, 0.25) is 0 Å². The number of aromatic nitrogens is 2. The molecular formula is C12H20N4O. The van der Waals surface area contributed by atoms with Crippen LogP contribution in [0.3, 0.4) is 0 Å². The van der Waals surface area contributed by atoms with E-state index >= 15 is 0 Å². The number of nitrogens with zero attached hydrogens (tertiary/aromatic N) is 2. The largest absolute Gasteiger partial charge is 0.352 e. The van der Waals surface area contributed by atoms with Crippen LogP contribution < -0.4 is 11.1 Å². The molecule has 0 aliphatic heterocycles. The summed E-state index contributed by atoms with van der Waals surface area (Å²) in [6.07, 6.45) is 2.04. The number of hydrogen-bond acceptors (Lipinski definition) is 3. The minimum Gasteiger partial charge on any atom is -0.352 e. The molecule has 0 radical (unpaired) electrons. The number of nitrogens with two attached hydrogens (primary N) is 1. The Morgan fingerprint density at radius 2 is 2.18 bits per heavy atom. The summed E-state index contributed by atoms with van der Waals surface area (Å²) >= 11 is 0. The molecule has 5 nitrogen and oxygen atoms in total. The molecule has 1 heterocycles. The third-order valence-corrected chi connectivity index (χ3v) is 3.56. The number of hydrogen-bond donors (Lipinski definition) is 2. The van der Waals surface area contributed by atoms with Gasteiger partial charge in [0, 0.05) is 25.3 Å². The molecule has 1 aromatic heterocycles. The zero-order valence-electron chi connectivity index (χ0n) is 10.7. The molecule has 0 bridgehead atoms. The SMILES string of the molecule is Cc1nn(C)c(C)c1C(=O)NCC1CC(N)C1. The minimum atomic E-state index is -0.0198. The topological polar surface area (TPSA) is 72.9 Å². The highest BCUT2D eigenvalue weighted by molar-refractivity contribution is 5.96. The molecule has 17 heavy (non-hydrogen) atoms. The van der Waals surface area contributed by atoms with Gasteiger partial charge in [0.05, 0.1) is 11.3 Å². The van der Waals surface area contributed by atoms with Gasteiger partial charge in [0.2, 0.25) is 0 Å². The minimum absolute atomic E-state index is 0.0198. The van der Waals surface area contributed by atoms with Crippen molar-refractivity contribution < 1.29 is 4.79 Å². The maximum absolute atomic E-state index is 12.0. The Bertz CT molecular complexity index is 432. The van der Waals surface area contributed by atoms with Gasteiger partial charge in [-0.2, -0.15) is 5.10 Å². The average molecular weight is 236 g/mol. The van der Waals surface area contributed by atoms with Crippen LogP contribution in [0.1, 0.15) is 34.6 Å². The summed E-state index contributed by atoms with van der Waals surface area (Å²) in [6.45, 7) is 4.50. The molecule has 0 saturated heterocycles. The van der Waals surface area contributed by atoms with Crippen LogP contribution in [-0.2, 0) is 7.05 Å². The summed E-state index contributed by atoms with van der Waals surface area (Å²) < 4.78 is 1.74. The molecule has 0 aromatic carbocycles. The molecule has 1 aromatic rings. The number of carbonyl (C=O) groups is 1. The van der Waals surface area contributed by atoms with Gasteiger partial charge in [0.15, 0.2) is 0 Å². The van der Waals surface area contributed by atoms with E-state index in [9.17, 15) is 4.79 Å². The first-order valence-electron chi connectivity index (χ1n) is 6.03. The second-order valence-electron chi connectivity index (χ2n) is 4.98. The van der Waals surface area contributed by atoms with E-state index in [1.54, 1.807) is 4.68 Å². The van der Waals surface area contributed by atoms with Gasteiger partial charge in [-0.15, -0.1) is 0 Å². The molecule has 1 aliphatic carbocycles. The smallest absolute Gasteiger partial charge is 0.255 e. The highest BCUT2D eigenvalue weighted by Crippen LogP contribution is 2.24. The first kappa shape index (κ1) is 12.1. The summed E-state index contributed by atoms with van der Waals surface area (Å²) in [5, 5.41) is 7.21. The van der Waals surface area contributed by atoms with E-state index in [0.717, 1.165) is 30.8 Å². The molecule has 1 amide bonds. The lowest BCUT2D eigenvalue weighted by Gasteiger charge is -2.32. The lowest BCUT2D eigenvalue weighted by molar-refractivity contribution is 0.0934. The number of rotatable bonds is 3. The Labute approximate surface area is 101 Å². The van der Waals surface area contributed by atoms with Crippen LogP contribution >= 0.6 is 0 Å². The Morgan fingerprint density at radius 3 is 2.65 bits per heavy atom. The van der Waals surface area contributed by atoms with Gasteiger partial charge in [0.1, 0.15) is 0 Å². The molecule has 1 aliphatic rings. The fourth-order valence-electron chi connectivity index (χ4n) is 2.38. The average Bonchev–Trinajstić information content (AvgIpc) is 2.46. The summed E-state index contributed by atoms with van der Waals surface area (Å²) in [7, 11) is 1.85. The lowest BCUT2D eigenvalue weighted by atomic mass is 9.81. The molecule has 0 unspecified atom stereocenters. The van der Waals surface area contributed by atoms with Gasteiger partial charge in [0.25, 0.3) is 5.91 Å². The predicted octanol–water partition coefficient (Wildman–Crippen LogP) is 0.504. The Kier molecular flexibility index (Phi) is 3.19. The van der Waals surface area contributed by atoms with Gasteiger partial charge in [-0.3, -0.25) is 9.48 Å². The van der Waals surface area contributed by atoms with Crippen LogP contribution in [0, 0.1) is 19.8 Å². The van der Waals surface area contributed by atoms with Crippen molar-refractivity contribution in [3.05, 3.63) is 17.0 Å². The van der Waals surface area contributed by atoms with Crippen LogP contribution in [0.5, 0.6) is 0 Å². The van der Waals surface area contributed by atoms with Crippen molar-refractivity contribution in [1.29, 1.82) is 0 Å². The van der Waals surface area contributed by atoms with Crippen molar-refractivity contribution >= 4 is 5.91 Å². The normalized spacial score (nSPS) is 23.3. The number of carbonyl (C=O) groups excluding carboxylic acids is 1. The molecule has 2 rings (SSSR count). The number of nitrogens with one attached hydrogen (secondary N) is 1. The molecule has 5 heteroatoms. The van der Waals surface area contributed by atoms with E-state index in [4.69, 9.17) is 5.73 Å². The van der Waals surface area contributed by atoms with E-state index in [1.807, 2.05) is 20.9 Å². The van der Waals surface area contributed by atoms with Crippen molar-refractivity contribution in [3.8, 4) is 0 Å². The van der Waals surface area contributed by atoms with Crippen molar-refractivity contribution in [3.63, 3.8) is 0 Å². The zero-order valence-corrected chi connectivity index (χ0v) is 10.7. The second-order valence-corrected chi connectivity index (χ2v) is 4.98. The first-order valence-corrected chi connectivity index (χ1v) is 6.03. The maximum atomic E-state index is 12.0. The van der Waals surface area contributed by atoms with E-state index in [-0.39, 0.29) is 5.91 Å². The number of aryl methyl sites for hydroxylation is 2. The van der Waals surface area contributed by atoms with Crippen molar-refractivity contribution in [2.24, 2.45) is 18.7 Å². The Morgan fingerprint density at radius 1 is 1.53 bits per heavy atom. The first-order chi connectivity index (χ1) is 7.99. The summed E-state index contributed by atoms with van der Waals surface area (Å²) in [5.41, 5.74) is 8.11. The highest BCUT2D eigenvalue weighted by atomic mass is 16.1. The highest BCUT2D eigenvalue weighted by Gasteiger charge is 2.26. The van der Waals surface area contributed by atoms with Crippen LogP contribution in [0.25, 0.3) is 0 Å². The van der Waals surface area contributed by atoms with Crippen LogP contribution in [0.4, 0.5) is 0 Å². The van der Waals surface area contributed by atoms with Crippen LogP contribution in [0.15, 0.2) is 0 Å². The van der Waals surface area contributed by atoms with E-state index in [2.05, 4.69) is 10.4 Å². The summed E-state index contributed by atoms with van der Waals surface area (Å²) in [4.78, 5) is 12.0. The molecule has 94 valence electrons. The number of amides is 1. The second kappa shape index (κ2) is 4.49. The van der Waals surface area contributed by atoms with Gasteiger partial charge in [-0.05, 0) is 32.6 Å². The monoisotopic (exact) mass is 236 g/mol. The van der Waals surface area contributed by atoms with Gasteiger partial charge >= 0.3 is 0 Å².